The van der Waals surface area contributed by atoms with Gasteiger partial charge in [0.2, 0.25) is 0 Å². The van der Waals surface area contributed by atoms with E-state index in [4.69, 9.17) is 14.6 Å². The Morgan fingerprint density at radius 2 is 1.56 bits per heavy atom. The number of hydrogen-bond acceptors (Lipinski definition) is 6. The molecular weight excluding hydrogens is 408 g/mol. The van der Waals surface area contributed by atoms with E-state index < -0.39 is 23.4 Å². The first kappa shape index (κ1) is 23.5. The summed E-state index contributed by atoms with van der Waals surface area (Å²) in [4.78, 5) is 31.9. The van der Waals surface area contributed by atoms with Crippen LogP contribution in [0.15, 0.2) is 24.3 Å². The molecule has 2 amide bonds. The van der Waals surface area contributed by atoms with Gasteiger partial charge in [-0.1, -0.05) is 25.1 Å². The van der Waals surface area contributed by atoms with Crippen molar-refractivity contribution in [1.29, 1.82) is 0 Å². The maximum Gasteiger partial charge on any atom is 0.425 e. The summed E-state index contributed by atoms with van der Waals surface area (Å²) in [6.07, 6.45) is -0.839. The molecule has 0 aliphatic rings. The van der Waals surface area contributed by atoms with Crippen LogP contribution >= 0.6 is 0 Å². The van der Waals surface area contributed by atoms with Crippen LogP contribution in [0.2, 0.25) is 0 Å². The molecule has 3 rings (SSSR count). The van der Waals surface area contributed by atoms with Crippen molar-refractivity contribution in [3.63, 3.8) is 0 Å². The number of carbonyl (C=O) groups excluding carboxylic acids is 2. The van der Waals surface area contributed by atoms with Gasteiger partial charge in [0.1, 0.15) is 16.7 Å². The molecular formula is C24H32N4O4. The summed E-state index contributed by atoms with van der Waals surface area (Å²) in [5, 5.41) is 6.47. The number of carbonyl (C=O) groups is 2. The lowest BCUT2D eigenvalue weighted by atomic mass is 10.1. The van der Waals surface area contributed by atoms with Gasteiger partial charge in [-0.15, -0.1) is 0 Å². The van der Waals surface area contributed by atoms with E-state index in [0.29, 0.717) is 17.6 Å². The second-order valence-electron chi connectivity index (χ2n) is 9.78. The van der Waals surface area contributed by atoms with Gasteiger partial charge in [0.25, 0.3) is 0 Å². The first-order valence-corrected chi connectivity index (χ1v) is 10.8. The molecule has 0 N–H and O–H groups in total. The van der Waals surface area contributed by atoms with Gasteiger partial charge in [-0.25, -0.2) is 14.6 Å². The fourth-order valence-corrected chi connectivity index (χ4v) is 3.42. The molecule has 172 valence electrons. The summed E-state index contributed by atoms with van der Waals surface area (Å²) in [5.41, 5.74) is 0.406. The minimum absolute atomic E-state index is 0.0974. The molecule has 1 aromatic carbocycles. The smallest absolute Gasteiger partial charge is 0.425 e. The van der Waals surface area contributed by atoms with E-state index in [2.05, 4.69) is 11.9 Å². The lowest BCUT2D eigenvalue weighted by molar-refractivity contribution is 0.0429. The second kappa shape index (κ2) is 8.41. The maximum absolute atomic E-state index is 13.2. The number of anilines is 1. The number of amides is 2. The fourth-order valence-electron chi connectivity index (χ4n) is 3.42. The van der Waals surface area contributed by atoms with E-state index in [1.807, 2.05) is 35.9 Å². The summed E-state index contributed by atoms with van der Waals surface area (Å²) < 4.78 is 13.0. The molecule has 3 aromatic rings. The Bertz CT molecular complexity index is 1140. The number of nitrogens with zero attached hydrogens (tertiary/aromatic N) is 4. The van der Waals surface area contributed by atoms with Crippen molar-refractivity contribution < 1.29 is 19.1 Å². The molecule has 0 unspecified atom stereocenters. The predicted molar refractivity (Wildman–Crippen MR) is 125 cm³/mol. The number of benzene rings is 1. The number of ether oxygens (including phenoxy) is 2. The molecule has 0 atom stereocenters. The van der Waals surface area contributed by atoms with Crippen LogP contribution in [0.4, 0.5) is 15.4 Å². The Morgan fingerprint density at radius 3 is 2.09 bits per heavy atom. The number of hydrogen-bond donors (Lipinski definition) is 0. The highest BCUT2D eigenvalue weighted by molar-refractivity contribution is 6.18. The average molecular weight is 441 g/mol. The van der Waals surface area contributed by atoms with Crippen LogP contribution in [0.25, 0.3) is 21.8 Å². The molecule has 32 heavy (non-hydrogen) atoms. The van der Waals surface area contributed by atoms with E-state index in [9.17, 15) is 9.59 Å². The number of aromatic nitrogens is 3. The Labute approximate surface area is 188 Å². The van der Waals surface area contributed by atoms with Crippen LogP contribution in [-0.4, -0.2) is 38.2 Å². The number of rotatable bonds is 3. The number of pyridine rings is 1. The van der Waals surface area contributed by atoms with E-state index in [-0.39, 0.29) is 5.82 Å². The summed E-state index contributed by atoms with van der Waals surface area (Å²) in [7, 11) is 0. The summed E-state index contributed by atoms with van der Waals surface area (Å²) in [6, 6.07) is 7.60. The molecule has 0 saturated heterocycles. The molecule has 0 spiro atoms. The van der Waals surface area contributed by atoms with Crippen LogP contribution in [0.5, 0.6) is 0 Å². The number of fused-ring (bicyclic) bond motifs is 3. The Hall–Kier alpha value is -3.16. The first-order chi connectivity index (χ1) is 14.8. The van der Waals surface area contributed by atoms with Gasteiger partial charge >= 0.3 is 12.2 Å². The van der Waals surface area contributed by atoms with Crippen molar-refractivity contribution in [2.24, 2.45) is 0 Å². The Balaban J connectivity index is 2.32. The highest BCUT2D eigenvalue weighted by Gasteiger charge is 2.36. The third-order valence-electron chi connectivity index (χ3n) is 4.62. The molecule has 0 saturated carbocycles. The first-order valence-electron chi connectivity index (χ1n) is 10.8. The number of aryl methyl sites for hydroxylation is 2. The Kier molecular flexibility index (Phi) is 6.18. The van der Waals surface area contributed by atoms with Crippen molar-refractivity contribution in [1.82, 2.24) is 14.8 Å². The number of para-hydroxylation sites is 1. The van der Waals surface area contributed by atoms with Crippen LogP contribution in [0.3, 0.4) is 0 Å². The SMILES string of the molecule is CCCn1nc2c(N(C(=O)OC(C)(C)C)C(=O)OC(C)(C)C)nc3ccccc3c2c1C. The molecule has 8 heteroatoms. The van der Waals surface area contributed by atoms with Crippen LogP contribution in [0, 0.1) is 6.92 Å². The quantitative estimate of drug-likeness (QED) is 0.498. The van der Waals surface area contributed by atoms with Crippen molar-refractivity contribution >= 4 is 39.8 Å². The zero-order valence-corrected chi connectivity index (χ0v) is 20.1. The van der Waals surface area contributed by atoms with E-state index in [1.54, 1.807) is 41.5 Å². The largest absolute Gasteiger partial charge is 0.443 e. The van der Waals surface area contributed by atoms with Crippen LogP contribution in [-0.2, 0) is 16.0 Å². The van der Waals surface area contributed by atoms with Gasteiger partial charge in [-0.2, -0.15) is 10.00 Å². The van der Waals surface area contributed by atoms with Gasteiger partial charge < -0.3 is 9.47 Å². The van der Waals surface area contributed by atoms with Gasteiger partial charge in [-0.3, -0.25) is 4.68 Å². The summed E-state index contributed by atoms with van der Waals surface area (Å²) in [6.45, 7) is 15.2. The number of imide groups is 1. The maximum atomic E-state index is 13.2. The van der Waals surface area contributed by atoms with Gasteiger partial charge in [0.15, 0.2) is 5.82 Å². The van der Waals surface area contributed by atoms with Crippen LogP contribution < -0.4 is 4.90 Å². The third kappa shape index (κ3) is 4.84. The average Bonchev–Trinajstić information content (AvgIpc) is 2.96. The monoisotopic (exact) mass is 440 g/mol. The molecule has 2 heterocycles. The van der Waals surface area contributed by atoms with E-state index in [1.165, 1.54) is 0 Å². The predicted octanol–water partition coefficient (Wildman–Crippen LogP) is 5.98. The van der Waals surface area contributed by atoms with E-state index >= 15 is 0 Å². The minimum atomic E-state index is -0.862. The molecule has 0 aliphatic heterocycles. The molecule has 0 aliphatic carbocycles. The highest BCUT2D eigenvalue weighted by Crippen LogP contribution is 2.34. The zero-order valence-electron chi connectivity index (χ0n) is 20.1. The molecule has 8 nitrogen and oxygen atoms in total. The van der Waals surface area contributed by atoms with Crippen molar-refractivity contribution in [2.75, 3.05) is 4.90 Å². The molecule has 2 aromatic heterocycles. The third-order valence-corrected chi connectivity index (χ3v) is 4.62. The minimum Gasteiger partial charge on any atom is -0.443 e. The lowest BCUT2D eigenvalue weighted by Crippen LogP contribution is -2.44. The highest BCUT2D eigenvalue weighted by atomic mass is 16.6. The summed E-state index contributed by atoms with van der Waals surface area (Å²) in [5.74, 6) is 0.0974. The Morgan fingerprint density at radius 1 is 1.00 bits per heavy atom. The van der Waals surface area contributed by atoms with Gasteiger partial charge in [0, 0.05) is 23.0 Å². The van der Waals surface area contributed by atoms with Crippen molar-refractivity contribution in [3.8, 4) is 0 Å². The van der Waals surface area contributed by atoms with Gasteiger partial charge in [-0.05, 0) is 61.0 Å². The van der Waals surface area contributed by atoms with Crippen LogP contribution in [0.1, 0.15) is 60.6 Å². The molecule has 0 radical (unpaired) electrons. The van der Waals surface area contributed by atoms with Gasteiger partial charge in [0.05, 0.1) is 5.52 Å². The van der Waals surface area contributed by atoms with Crippen molar-refractivity contribution in [3.05, 3.63) is 30.0 Å². The standard InChI is InChI=1S/C24H32N4O4/c1-9-14-27-15(2)18-16-12-10-11-13-17(16)25-20(19(18)26-27)28(21(29)31-23(3,4)5)22(30)32-24(6,7)8/h10-13H,9,14H2,1-8H3. The topological polar surface area (TPSA) is 86.6 Å². The van der Waals surface area contributed by atoms with E-state index in [0.717, 1.165) is 27.8 Å². The summed E-state index contributed by atoms with van der Waals surface area (Å²) >= 11 is 0. The van der Waals surface area contributed by atoms with Crippen molar-refractivity contribution in [2.45, 2.75) is 79.6 Å². The molecule has 0 bridgehead atoms. The molecule has 0 fully saturated rings. The normalized spacial score (nSPS) is 12.2. The fraction of sp³-hybridized carbons (Fsp3) is 0.500. The lowest BCUT2D eigenvalue weighted by Gasteiger charge is -2.28. The second-order valence-corrected chi connectivity index (χ2v) is 9.78. The zero-order chi connectivity index (χ0) is 23.8.